The molecule has 0 saturated carbocycles. The van der Waals surface area contributed by atoms with Crippen LogP contribution in [0, 0.1) is 5.92 Å². The molecule has 1 aliphatic rings. The van der Waals surface area contributed by atoms with Gasteiger partial charge in [-0.25, -0.2) is 4.79 Å². The predicted molar refractivity (Wildman–Crippen MR) is 108 cm³/mol. The topological polar surface area (TPSA) is 96.5 Å². The first kappa shape index (κ1) is 21.5. The highest BCUT2D eigenvalue weighted by Gasteiger charge is 2.26. The number of benzene rings is 1. The predicted octanol–water partition coefficient (Wildman–Crippen LogP) is 3.29. The normalized spacial score (nSPS) is 24.5. The van der Waals surface area contributed by atoms with Crippen LogP contribution in [0.1, 0.15) is 52.6 Å². The van der Waals surface area contributed by atoms with Crippen molar-refractivity contribution in [2.75, 3.05) is 5.32 Å². The number of carbonyl (C=O) groups excluding carboxylic acids is 3. The van der Waals surface area contributed by atoms with Crippen LogP contribution in [0.5, 0.6) is 0 Å². The number of hydrogen-bond acceptors (Lipinski definition) is 4. The first-order valence-corrected chi connectivity index (χ1v) is 9.43. The Morgan fingerprint density at radius 3 is 2.50 bits per heavy atom. The van der Waals surface area contributed by atoms with E-state index in [1.807, 2.05) is 25.1 Å². The number of carbonyl (C=O) groups is 3. The van der Waals surface area contributed by atoms with E-state index in [9.17, 15) is 14.4 Å². The highest BCUT2D eigenvalue weighted by Crippen LogP contribution is 2.24. The van der Waals surface area contributed by atoms with Gasteiger partial charge >= 0.3 is 6.09 Å². The highest BCUT2D eigenvalue weighted by molar-refractivity contribution is 5.94. The summed E-state index contributed by atoms with van der Waals surface area (Å²) in [6.45, 7) is 8.88. The zero-order valence-corrected chi connectivity index (χ0v) is 17.0. The molecule has 152 valence electrons. The van der Waals surface area contributed by atoms with E-state index in [0.717, 1.165) is 5.56 Å². The molecule has 1 aliphatic heterocycles. The number of alkyl carbamates (subject to hydrolysis) is 1. The van der Waals surface area contributed by atoms with Crippen molar-refractivity contribution < 1.29 is 19.1 Å². The molecule has 1 aromatic carbocycles. The summed E-state index contributed by atoms with van der Waals surface area (Å²) < 4.78 is 5.26. The van der Waals surface area contributed by atoms with Gasteiger partial charge in [-0.2, -0.15) is 0 Å². The Hall–Kier alpha value is -2.83. The third-order valence-electron chi connectivity index (χ3n) is 4.26. The summed E-state index contributed by atoms with van der Waals surface area (Å²) in [6.07, 6.45) is 3.04. The van der Waals surface area contributed by atoms with Gasteiger partial charge in [0.25, 0.3) is 0 Å². The highest BCUT2D eigenvalue weighted by atomic mass is 16.6. The van der Waals surface area contributed by atoms with Gasteiger partial charge in [-0.15, -0.1) is 0 Å². The second-order valence-electron chi connectivity index (χ2n) is 7.96. The molecule has 1 aromatic rings. The van der Waals surface area contributed by atoms with Crippen molar-refractivity contribution in [3.63, 3.8) is 0 Å². The summed E-state index contributed by atoms with van der Waals surface area (Å²) in [5.74, 6) is -0.843. The summed E-state index contributed by atoms with van der Waals surface area (Å²) in [5, 5.41) is 8.44. The van der Waals surface area contributed by atoms with Gasteiger partial charge in [0, 0.05) is 5.69 Å². The van der Waals surface area contributed by atoms with Crippen LogP contribution < -0.4 is 16.0 Å². The van der Waals surface area contributed by atoms with Crippen LogP contribution in [0.4, 0.5) is 10.5 Å². The average molecular weight is 387 g/mol. The number of para-hydroxylation sites is 1. The Labute approximate surface area is 165 Å². The van der Waals surface area contributed by atoms with Crippen molar-refractivity contribution in [2.45, 2.75) is 58.7 Å². The Balaban J connectivity index is 2.28. The molecule has 3 N–H and O–H groups in total. The van der Waals surface area contributed by atoms with E-state index in [4.69, 9.17) is 4.74 Å². The van der Waals surface area contributed by atoms with Gasteiger partial charge in [-0.05, 0) is 45.7 Å². The molecule has 0 aliphatic carbocycles. The Morgan fingerprint density at radius 1 is 1.14 bits per heavy atom. The molecular weight excluding hydrogens is 358 g/mol. The minimum Gasteiger partial charge on any atom is -0.444 e. The number of anilines is 1. The quantitative estimate of drug-likeness (QED) is 0.644. The van der Waals surface area contributed by atoms with Crippen molar-refractivity contribution >= 4 is 23.6 Å². The van der Waals surface area contributed by atoms with Gasteiger partial charge in [-0.1, -0.05) is 37.3 Å². The van der Waals surface area contributed by atoms with E-state index in [-0.39, 0.29) is 30.2 Å². The first-order chi connectivity index (χ1) is 13.1. The minimum absolute atomic E-state index is 0.139. The molecule has 0 aromatic heterocycles. The lowest BCUT2D eigenvalue weighted by atomic mass is 10.0. The summed E-state index contributed by atoms with van der Waals surface area (Å²) in [7, 11) is 0. The van der Waals surface area contributed by atoms with Crippen LogP contribution in [-0.4, -0.2) is 29.6 Å². The SMILES string of the molecule is CC1/C=C/CC(NC(=O)OC(C)(C)C)C(=O)NC(C)c2ccccc2NC1=O. The lowest BCUT2D eigenvalue weighted by Gasteiger charge is -2.25. The molecule has 1 heterocycles. The van der Waals surface area contributed by atoms with E-state index in [0.29, 0.717) is 5.69 Å². The fourth-order valence-corrected chi connectivity index (χ4v) is 2.81. The van der Waals surface area contributed by atoms with Gasteiger partial charge in [-0.3, -0.25) is 9.59 Å². The van der Waals surface area contributed by atoms with Crippen LogP contribution in [0.25, 0.3) is 0 Å². The number of fused-ring (bicyclic) bond motifs is 1. The van der Waals surface area contributed by atoms with Crippen molar-refractivity contribution in [2.24, 2.45) is 5.92 Å². The second kappa shape index (κ2) is 8.91. The summed E-state index contributed by atoms with van der Waals surface area (Å²) in [6, 6.07) is 6.16. The summed E-state index contributed by atoms with van der Waals surface area (Å²) in [4.78, 5) is 37.4. The molecule has 3 amide bonds. The molecule has 2 rings (SSSR count). The van der Waals surface area contributed by atoms with Crippen molar-refractivity contribution in [3.05, 3.63) is 42.0 Å². The van der Waals surface area contributed by atoms with Crippen molar-refractivity contribution in [1.29, 1.82) is 0 Å². The van der Waals surface area contributed by atoms with Gasteiger partial charge in [0.2, 0.25) is 11.8 Å². The molecule has 7 heteroatoms. The van der Waals surface area contributed by atoms with E-state index in [2.05, 4.69) is 16.0 Å². The molecule has 0 spiro atoms. The zero-order chi connectivity index (χ0) is 20.9. The Morgan fingerprint density at radius 2 is 1.82 bits per heavy atom. The molecule has 3 atom stereocenters. The van der Waals surface area contributed by atoms with Crippen LogP contribution in [0.15, 0.2) is 36.4 Å². The number of nitrogens with one attached hydrogen (secondary N) is 3. The van der Waals surface area contributed by atoms with Crippen molar-refractivity contribution in [1.82, 2.24) is 10.6 Å². The minimum atomic E-state index is -0.810. The third kappa shape index (κ3) is 6.11. The maximum Gasteiger partial charge on any atom is 0.408 e. The molecule has 28 heavy (non-hydrogen) atoms. The monoisotopic (exact) mass is 387 g/mol. The fraction of sp³-hybridized carbons (Fsp3) is 0.476. The molecule has 0 fully saturated rings. The van der Waals surface area contributed by atoms with Gasteiger partial charge in [0.1, 0.15) is 11.6 Å². The number of amides is 3. The first-order valence-electron chi connectivity index (χ1n) is 9.43. The smallest absolute Gasteiger partial charge is 0.408 e. The lowest BCUT2D eigenvalue weighted by molar-refractivity contribution is -0.123. The zero-order valence-electron chi connectivity index (χ0n) is 17.0. The second-order valence-corrected chi connectivity index (χ2v) is 7.96. The maximum atomic E-state index is 12.8. The third-order valence-corrected chi connectivity index (χ3v) is 4.26. The molecule has 3 unspecified atom stereocenters. The van der Waals surface area contributed by atoms with Crippen LogP contribution in [0.3, 0.4) is 0 Å². The van der Waals surface area contributed by atoms with E-state index in [1.54, 1.807) is 45.9 Å². The van der Waals surface area contributed by atoms with Crippen molar-refractivity contribution in [3.8, 4) is 0 Å². The van der Waals surface area contributed by atoms with E-state index < -0.39 is 17.7 Å². The number of ether oxygens (including phenoxy) is 1. The largest absolute Gasteiger partial charge is 0.444 e. The molecule has 0 saturated heterocycles. The lowest BCUT2D eigenvalue weighted by Crippen LogP contribution is -2.48. The van der Waals surface area contributed by atoms with Gasteiger partial charge < -0.3 is 20.7 Å². The van der Waals surface area contributed by atoms with Gasteiger partial charge in [0.15, 0.2) is 0 Å². The average Bonchev–Trinajstić information content (AvgIpc) is 2.58. The standard InChI is InChI=1S/C21H29N3O4/c1-13-9-8-12-17(24-20(27)28-21(3,4)5)19(26)22-14(2)15-10-6-7-11-16(15)23-18(13)25/h6-11,13-14,17H,12H2,1-5H3,(H,22,26)(H,23,25)(H,24,27)/b9-8+. The van der Waals surface area contributed by atoms with Crippen LogP contribution >= 0.6 is 0 Å². The summed E-state index contributed by atoms with van der Waals surface area (Å²) >= 11 is 0. The molecule has 7 nitrogen and oxygen atoms in total. The van der Waals surface area contributed by atoms with E-state index in [1.165, 1.54) is 0 Å². The molecular formula is C21H29N3O4. The molecule has 0 radical (unpaired) electrons. The number of hydrogen-bond donors (Lipinski definition) is 3. The fourth-order valence-electron chi connectivity index (χ4n) is 2.81. The van der Waals surface area contributed by atoms with E-state index >= 15 is 0 Å². The summed E-state index contributed by atoms with van der Waals surface area (Å²) in [5.41, 5.74) is 0.774. The van der Waals surface area contributed by atoms with Gasteiger partial charge in [0.05, 0.1) is 12.0 Å². The van der Waals surface area contributed by atoms with Crippen LogP contribution in [0.2, 0.25) is 0 Å². The Bertz CT molecular complexity index is 767. The molecule has 0 bridgehead atoms. The maximum absolute atomic E-state index is 12.8. The van der Waals surface area contributed by atoms with Crippen LogP contribution in [-0.2, 0) is 14.3 Å². The number of rotatable bonds is 1. The Kier molecular flexibility index (Phi) is 6.83.